The SMILES string of the molecule is Ic1cccc(NCc2cccc3c2OCO3)c1. The number of fused-ring (bicyclic) bond motifs is 1. The molecule has 0 atom stereocenters. The summed E-state index contributed by atoms with van der Waals surface area (Å²) in [5.41, 5.74) is 2.22. The molecule has 1 aliphatic rings. The van der Waals surface area contributed by atoms with Crippen molar-refractivity contribution in [3.05, 3.63) is 51.6 Å². The predicted octanol–water partition coefficient (Wildman–Crippen LogP) is 3.63. The summed E-state index contributed by atoms with van der Waals surface area (Å²) in [7, 11) is 0. The van der Waals surface area contributed by atoms with Crippen molar-refractivity contribution in [1.82, 2.24) is 0 Å². The lowest BCUT2D eigenvalue weighted by Crippen LogP contribution is -2.01. The van der Waals surface area contributed by atoms with E-state index in [1.54, 1.807) is 0 Å². The van der Waals surface area contributed by atoms with E-state index in [1.807, 2.05) is 18.2 Å². The Morgan fingerprint density at radius 3 is 2.89 bits per heavy atom. The van der Waals surface area contributed by atoms with Crippen molar-refractivity contribution in [2.24, 2.45) is 0 Å². The van der Waals surface area contributed by atoms with Gasteiger partial charge in [-0.2, -0.15) is 0 Å². The molecule has 0 saturated carbocycles. The molecule has 0 saturated heterocycles. The monoisotopic (exact) mass is 353 g/mol. The van der Waals surface area contributed by atoms with Crippen LogP contribution in [0.5, 0.6) is 11.5 Å². The Morgan fingerprint density at radius 2 is 2.00 bits per heavy atom. The van der Waals surface area contributed by atoms with Gasteiger partial charge in [0.2, 0.25) is 6.79 Å². The van der Waals surface area contributed by atoms with Gasteiger partial charge in [0.1, 0.15) is 0 Å². The van der Waals surface area contributed by atoms with Gasteiger partial charge in [-0.1, -0.05) is 18.2 Å². The molecule has 18 heavy (non-hydrogen) atoms. The van der Waals surface area contributed by atoms with Crippen molar-refractivity contribution >= 4 is 28.3 Å². The Hall–Kier alpha value is -1.43. The van der Waals surface area contributed by atoms with E-state index >= 15 is 0 Å². The molecule has 0 bridgehead atoms. The quantitative estimate of drug-likeness (QED) is 0.855. The van der Waals surface area contributed by atoms with Gasteiger partial charge in [0.25, 0.3) is 0 Å². The van der Waals surface area contributed by atoms with Crippen molar-refractivity contribution in [2.75, 3.05) is 12.1 Å². The van der Waals surface area contributed by atoms with Crippen LogP contribution in [0.2, 0.25) is 0 Å². The fourth-order valence-corrected chi connectivity index (χ4v) is 2.47. The molecule has 0 fully saturated rings. The average Bonchev–Trinajstić information content (AvgIpc) is 2.85. The zero-order valence-corrected chi connectivity index (χ0v) is 11.8. The fourth-order valence-electron chi connectivity index (χ4n) is 1.93. The van der Waals surface area contributed by atoms with Crippen molar-refractivity contribution in [2.45, 2.75) is 6.54 Å². The standard InChI is InChI=1S/C14H12INO2/c15-11-4-2-5-12(7-11)16-8-10-3-1-6-13-14(10)18-9-17-13/h1-7,16H,8-9H2. The highest BCUT2D eigenvalue weighted by atomic mass is 127. The van der Waals surface area contributed by atoms with E-state index in [1.165, 1.54) is 3.57 Å². The van der Waals surface area contributed by atoms with Gasteiger partial charge in [0.15, 0.2) is 11.5 Å². The number of para-hydroxylation sites is 1. The first-order valence-corrected chi connectivity index (χ1v) is 6.78. The molecule has 2 aromatic carbocycles. The summed E-state index contributed by atoms with van der Waals surface area (Å²) in [6, 6.07) is 14.2. The summed E-state index contributed by atoms with van der Waals surface area (Å²) >= 11 is 2.30. The smallest absolute Gasteiger partial charge is 0.231 e. The zero-order chi connectivity index (χ0) is 12.4. The highest BCUT2D eigenvalue weighted by Gasteiger charge is 2.16. The molecule has 0 amide bonds. The van der Waals surface area contributed by atoms with Crippen LogP contribution in [0.4, 0.5) is 5.69 Å². The number of rotatable bonds is 3. The predicted molar refractivity (Wildman–Crippen MR) is 79.1 cm³/mol. The third-order valence-corrected chi connectivity index (χ3v) is 3.46. The Balaban J connectivity index is 1.76. The fraction of sp³-hybridized carbons (Fsp3) is 0.143. The second-order valence-electron chi connectivity index (χ2n) is 4.01. The Labute approximate surface area is 119 Å². The van der Waals surface area contributed by atoms with E-state index in [9.17, 15) is 0 Å². The van der Waals surface area contributed by atoms with Crippen molar-refractivity contribution in [3.8, 4) is 11.5 Å². The average molecular weight is 353 g/mol. The minimum atomic E-state index is 0.315. The zero-order valence-electron chi connectivity index (χ0n) is 9.65. The minimum Gasteiger partial charge on any atom is -0.454 e. The second-order valence-corrected chi connectivity index (χ2v) is 5.26. The molecule has 2 aromatic rings. The van der Waals surface area contributed by atoms with Crippen molar-refractivity contribution in [3.63, 3.8) is 0 Å². The van der Waals surface area contributed by atoms with Gasteiger partial charge in [-0.05, 0) is 46.9 Å². The molecular weight excluding hydrogens is 341 g/mol. The summed E-state index contributed by atoms with van der Waals surface area (Å²) in [5.74, 6) is 1.69. The van der Waals surface area contributed by atoms with Crippen molar-refractivity contribution in [1.29, 1.82) is 0 Å². The number of hydrogen-bond acceptors (Lipinski definition) is 3. The van der Waals surface area contributed by atoms with E-state index in [0.717, 1.165) is 29.3 Å². The topological polar surface area (TPSA) is 30.5 Å². The number of halogens is 1. The van der Waals surface area contributed by atoms with E-state index < -0.39 is 0 Å². The maximum Gasteiger partial charge on any atom is 0.231 e. The Kier molecular flexibility index (Phi) is 3.27. The number of nitrogens with one attached hydrogen (secondary N) is 1. The third kappa shape index (κ3) is 2.38. The molecule has 1 heterocycles. The van der Waals surface area contributed by atoms with E-state index in [2.05, 4.69) is 52.2 Å². The lowest BCUT2D eigenvalue weighted by atomic mass is 10.2. The Bertz CT molecular complexity index is 571. The van der Waals surface area contributed by atoms with Crippen LogP contribution < -0.4 is 14.8 Å². The van der Waals surface area contributed by atoms with Crippen LogP contribution in [0.25, 0.3) is 0 Å². The highest BCUT2D eigenvalue weighted by Crippen LogP contribution is 2.35. The molecule has 0 aliphatic carbocycles. The summed E-state index contributed by atoms with van der Waals surface area (Å²) in [6.45, 7) is 1.04. The molecule has 1 aliphatic heterocycles. The Morgan fingerprint density at radius 1 is 1.11 bits per heavy atom. The molecule has 3 rings (SSSR count). The van der Waals surface area contributed by atoms with Crippen LogP contribution in [0.15, 0.2) is 42.5 Å². The number of benzene rings is 2. The van der Waals surface area contributed by atoms with Crippen molar-refractivity contribution < 1.29 is 9.47 Å². The molecule has 0 aromatic heterocycles. The molecule has 4 heteroatoms. The van der Waals surface area contributed by atoms with Gasteiger partial charge in [0.05, 0.1) is 0 Å². The van der Waals surface area contributed by atoms with E-state index in [4.69, 9.17) is 9.47 Å². The van der Waals surface area contributed by atoms with Gasteiger partial charge in [0, 0.05) is 21.4 Å². The van der Waals surface area contributed by atoms with Crippen LogP contribution in [0, 0.1) is 3.57 Å². The molecule has 92 valence electrons. The normalized spacial score (nSPS) is 12.5. The van der Waals surface area contributed by atoms with Gasteiger partial charge in [-0.25, -0.2) is 0 Å². The summed E-state index contributed by atoms with van der Waals surface area (Å²) < 4.78 is 12.1. The van der Waals surface area contributed by atoms with Gasteiger partial charge >= 0.3 is 0 Å². The van der Waals surface area contributed by atoms with Crippen LogP contribution in [0.3, 0.4) is 0 Å². The molecule has 1 N–H and O–H groups in total. The number of anilines is 1. The van der Waals surface area contributed by atoms with E-state index in [0.29, 0.717) is 6.79 Å². The molecule has 0 spiro atoms. The van der Waals surface area contributed by atoms with Crippen LogP contribution in [-0.4, -0.2) is 6.79 Å². The second kappa shape index (κ2) is 5.06. The number of hydrogen-bond donors (Lipinski definition) is 1. The van der Waals surface area contributed by atoms with Gasteiger partial charge in [-0.15, -0.1) is 0 Å². The summed E-state index contributed by atoms with van der Waals surface area (Å²) in [6.07, 6.45) is 0. The highest BCUT2D eigenvalue weighted by molar-refractivity contribution is 14.1. The first-order valence-electron chi connectivity index (χ1n) is 5.70. The molecule has 3 nitrogen and oxygen atoms in total. The minimum absolute atomic E-state index is 0.315. The van der Waals surface area contributed by atoms with Gasteiger partial charge < -0.3 is 14.8 Å². The maximum atomic E-state index is 5.48. The van der Waals surface area contributed by atoms with Crippen LogP contribution >= 0.6 is 22.6 Å². The molecule has 0 radical (unpaired) electrons. The van der Waals surface area contributed by atoms with Crippen LogP contribution in [-0.2, 0) is 6.54 Å². The number of ether oxygens (including phenoxy) is 2. The summed E-state index contributed by atoms with van der Waals surface area (Å²) in [5, 5.41) is 3.39. The van der Waals surface area contributed by atoms with E-state index in [-0.39, 0.29) is 0 Å². The largest absolute Gasteiger partial charge is 0.454 e. The maximum absolute atomic E-state index is 5.48. The first-order chi connectivity index (χ1) is 8.83. The first kappa shape index (κ1) is 11.6. The summed E-state index contributed by atoms with van der Waals surface area (Å²) in [4.78, 5) is 0. The van der Waals surface area contributed by atoms with Crippen LogP contribution in [0.1, 0.15) is 5.56 Å². The lowest BCUT2D eigenvalue weighted by molar-refractivity contribution is 0.173. The lowest BCUT2D eigenvalue weighted by Gasteiger charge is -2.09. The third-order valence-electron chi connectivity index (χ3n) is 2.79. The molecule has 0 unspecified atom stereocenters. The molecular formula is C14H12INO2. The van der Waals surface area contributed by atoms with Gasteiger partial charge in [-0.3, -0.25) is 0 Å².